The van der Waals surface area contributed by atoms with Crippen LogP contribution in [-0.4, -0.2) is 34.3 Å². The predicted octanol–water partition coefficient (Wildman–Crippen LogP) is 6.94. The Morgan fingerprint density at radius 2 is 1.25 bits per heavy atom. The molecule has 8 nitrogen and oxygen atoms in total. The van der Waals surface area contributed by atoms with Crippen LogP contribution in [0.15, 0.2) is 62.2 Å². The highest BCUT2D eigenvalue weighted by Gasteiger charge is 2.15. The Labute approximate surface area is 264 Å². The number of benzene rings is 1. The van der Waals surface area contributed by atoms with Crippen LogP contribution in [0, 0.1) is 0 Å². The molecule has 0 unspecified atom stereocenters. The number of unbranched alkanes of at least 4 members (excludes halogenated alkanes) is 8. The molecule has 2 aromatic heterocycles. The van der Waals surface area contributed by atoms with Gasteiger partial charge in [0.15, 0.2) is 0 Å². The van der Waals surface area contributed by atoms with Crippen molar-refractivity contribution in [3.05, 3.63) is 78.9 Å². The lowest BCUT2D eigenvalue weighted by molar-refractivity contribution is -0.697. The van der Waals surface area contributed by atoms with Gasteiger partial charge in [0.1, 0.15) is 24.8 Å². The highest BCUT2D eigenvalue weighted by molar-refractivity contribution is 5.97. The van der Waals surface area contributed by atoms with Crippen LogP contribution >= 0.6 is 0 Å². The second-order valence-corrected chi connectivity index (χ2v) is 11.6. The number of carbonyl (C=O) groups excluding carboxylic acids is 2. The maximum atomic E-state index is 12.7. The molecule has 0 radical (unpaired) electrons. The lowest BCUT2D eigenvalue weighted by atomic mass is 10.0. The van der Waals surface area contributed by atoms with E-state index in [4.69, 9.17) is 9.47 Å². The number of nitrogens with zero attached hydrogens (tertiary/aromatic N) is 4. The van der Waals surface area contributed by atoms with E-state index in [0.717, 1.165) is 77.5 Å². The Kier molecular flexibility index (Phi) is 16.1. The molecule has 2 heterocycles. The molecule has 0 bridgehead atoms. The standard InChI is InChI=1S/C36H54N4O4/c1-4-7-19-37-23-25-39(30-37)21-13-9-11-15-27-43-35(41)33-17-18-34(32(6-3)29-33)36(42)44-28-16-12-10-14-22-40-26-24-38(31-40)20-8-5-2/h6,17-18,23-26,29-31H,3-5,7-16,19-22,27-28H2,1-2H3/q+2. The maximum absolute atomic E-state index is 12.7. The molecule has 0 aliphatic heterocycles. The topological polar surface area (TPSA) is 70.2 Å². The van der Waals surface area contributed by atoms with E-state index in [1.165, 1.54) is 25.7 Å². The molecule has 3 aromatic rings. The minimum atomic E-state index is -0.389. The Balaban J connectivity index is 1.27. The molecule has 1 aromatic carbocycles. The van der Waals surface area contributed by atoms with Crippen LogP contribution in [0.5, 0.6) is 0 Å². The minimum Gasteiger partial charge on any atom is -0.462 e. The molecule has 0 aliphatic rings. The van der Waals surface area contributed by atoms with Crippen LogP contribution in [0.3, 0.4) is 0 Å². The summed E-state index contributed by atoms with van der Waals surface area (Å²) >= 11 is 0. The third-order valence-corrected chi connectivity index (χ3v) is 7.85. The Bertz CT molecular complexity index is 1280. The Morgan fingerprint density at radius 1 is 0.727 bits per heavy atom. The highest BCUT2D eigenvalue weighted by Crippen LogP contribution is 2.17. The molecule has 0 amide bonds. The summed E-state index contributed by atoms with van der Waals surface area (Å²) in [6, 6.07) is 4.92. The van der Waals surface area contributed by atoms with Gasteiger partial charge in [-0.1, -0.05) is 39.3 Å². The summed E-state index contributed by atoms with van der Waals surface area (Å²) in [4.78, 5) is 25.3. The average molecular weight is 607 g/mol. The van der Waals surface area contributed by atoms with Gasteiger partial charge < -0.3 is 9.47 Å². The second kappa shape index (κ2) is 20.3. The van der Waals surface area contributed by atoms with Gasteiger partial charge in [-0.15, -0.1) is 0 Å². The first-order chi connectivity index (χ1) is 21.5. The van der Waals surface area contributed by atoms with E-state index in [2.05, 4.69) is 76.1 Å². The smallest absolute Gasteiger partial charge is 0.338 e. The van der Waals surface area contributed by atoms with Gasteiger partial charge in [-0.2, -0.15) is 0 Å². The van der Waals surface area contributed by atoms with Gasteiger partial charge in [0.05, 0.1) is 50.5 Å². The third-order valence-electron chi connectivity index (χ3n) is 7.85. The van der Waals surface area contributed by atoms with Crippen molar-refractivity contribution in [3.8, 4) is 0 Å². The van der Waals surface area contributed by atoms with Gasteiger partial charge in [-0.3, -0.25) is 0 Å². The fourth-order valence-electron chi connectivity index (χ4n) is 5.12. The third kappa shape index (κ3) is 12.5. The number of hydrogen-bond acceptors (Lipinski definition) is 4. The zero-order valence-corrected chi connectivity index (χ0v) is 27.1. The number of rotatable bonds is 23. The number of esters is 2. The van der Waals surface area contributed by atoms with Crippen LogP contribution in [0.2, 0.25) is 0 Å². The monoisotopic (exact) mass is 606 g/mol. The summed E-state index contributed by atoms with van der Waals surface area (Å²) in [6.45, 7) is 13.2. The molecule has 0 spiro atoms. The van der Waals surface area contributed by atoms with Crippen LogP contribution in [0.1, 0.15) is 117 Å². The summed E-state index contributed by atoms with van der Waals surface area (Å²) in [5.41, 5.74) is 1.41. The molecular weight excluding hydrogens is 552 g/mol. The van der Waals surface area contributed by atoms with Crippen molar-refractivity contribution in [3.63, 3.8) is 0 Å². The van der Waals surface area contributed by atoms with Gasteiger partial charge in [0.25, 0.3) is 0 Å². The summed E-state index contributed by atoms with van der Waals surface area (Å²) in [6.07, 6.45) is 27.4. The number of hydrogen-bond donors (Lipinski definition) is 0. The molecule has 0 N–H and O–H groups in total. The van der Waals surface area contributed by atoms with Gasteiger partial charge in [0.2, 0.25) is 12.7 Å². The normalized spacial score (nSPS) is 11.0. The molecule has 0 saturated heterocycles. The fourth-order valence-corrected chi connectivity index (χ4v) is 5.12. The van der Waals surface area contributed by atoms with Gasteiger partial charge in [-0.25, -0.2) is 27.9 Å². The number of ether oxygens (including phenoxy) is 2. The quantitative estimate of drug-likeness (QED) is 0.0666. The fraction of sp³-hybridized carbons (Fsp3) is 0.556. The van der Waals surface area contributed by atoms with E-state index >= 15 is 0 Å². The molecule has 0 fully saturated rings. The highest BCUT2D eigenvalue weighted by atomic mass is 16.5. The summed E-state index contributed by atoms with van der Waals surface area (Å²) in [7, 11) is 0. The van der Waals surface area contributed by atoms with Crippen molar-refractivity contribution >= 4 is 18.0 Å². The van der Waals surface area contributed by atoms with Crippen molar-refractivity contribution < 1.29 is 28.2 Å². The molecule has 3 rings (SSSR count). The SMILES string of the molecule is C=Cc1cc(C(=O)OCCCCCC[n+]2ccn(CCCC)c2)ccc1C(=O)OCCCCCC[n+]1ccn(CCCC)c1. The first-order valence-corrected chi connectivity index (χ1v) is 16.7. The largest absolute Gasteiger partial charge is 0.462 e. The molecule has 8 heteroatoms. The Morgan fingerprint density at radius 3 is 1.77 bits per heavy atom. The van der Waals surface area contributed by atoms with Crippen LogP contribution in [0.4, 0.5) is 0 Å². The van der Waals surface area contributed by atoms with Gasteiger partial charge in [-0.05, 0) is 88.0 Å². The van der Waals surface area contributed by atoms with E-state index in [-0.39, 0.29) is 11.9 Å². The number of aromatic nitrogens is 4. The number of imidazole rings is 2. The lowest BCUT2D eigenvalue weighted by Gasteiger charge is -2.10. The average Bonchev–Trinajstić information content (AvgIpc) is 3.70. The minimum absolute atomic E-state index is 0.379. The summed E-state index contributed by atoms with van der Waals surface area (Å²) in [5.74, 6) is -0.771. The van der Waals surface area contributed by atoms with Crippen LogP contribution < -0.4 is 9.13 Å². The molecule has 240 valence electrons. The molecular formula is C36H54N4O4+2. The number of carbonyl (C=O) groups is 2. The summed E-state index contributed by atoms with van der Waals surface area (Å²) in [5, 5.41) is 0. The van der Waals surface area contributed by atoms with Crippen molar-refractivity contribution in [2.75, 3.05) is 13.2 Å². The van der Waals surface area contributed by atoms with Crippen LogP contribution in [-0.2, 0) is 35.7 Å². The molecule has 0 aliphatic carbocycles. The van der Waals surface area contributed by atoms with E-state index in [1.807, 2.05) is 0 Å². The van der Waals surface area contributed by atoms with Crippen molar-refractivity contribution in [2.24, 2.45) is 0 Å². The van der Waals surface area contributed by atoms with Crippen molar-refractivity contribution in [1.82, 2.24) is 9.13 Å². The lowest BCUT2D eigenvalue weighted by Crippen LogP contribution is -2.30. The van der Waals surface area contributed by atoms with E-state index in [1.54, 1.807) is 24.3 Å². The zero-order valence-electron chi connectivity index (χ0n) is 27.1. The van der Waals surface area contributed by atoms with E-state index < -0.39 is 0 Å². The molecule has 0 atom stereocenters. The van der Waals surface area contributed by atoms with Crippen molar-refractivity contribution in [1.29, 1.82) is 0 Å². The second-order valence-electron chi connectivity index (χ2n) is 11.6. The van der Waals surface area contributed by atoms with Crippen molar-refractivity contribution in [2.45, 2.75) is 117 Å². The van der Waals surface area contributed by atoms with Gasteiger partial charge in [0, 0.05) is 0 Å². The molecule has 0 saturated carbocycles. The number of aryl methyl sites for hydroxylation is 4. The zero-order chi connectivity index (χ0) is 31.4. The Hall–Kier alpha value is -3.68. The van der Waals surface area contributed by atoms with E-state index in [9.17, 15) is 9.59 Å². The predicted molar refractivity (Wildman–Crippen MR) is 173 cm³/mol. The van der Waals surface area contributed by atoms with Crippen LogP contribution in [0.25, 0.3) is 6.08 Å². The first kappa shape index (κ1) is 34.8. The molecule has 44 heavy (non-hydrogen) atoms. The maximum Gasteiger partial charge on any atom is 0.338 e. The van der Waals surface area contributed by atoms with E-state index in [0.29, 0.717) is 29.9 Å². The summed E-state index contributed by atoms with van der Waals surface area (Å²) < 4.78 is 20.0. The first-order valence-electron chi connectivity index (χ1n) is 16.7. The van der Waals surface area contributed by atoms with Gasteiger partial charge >= 0.3 is 11.9 Å².